The van der Waals surface area contributed by atoms with Crippen LogP contribution < -0.4 is 10.0 Å². The molecule has 1 aliphatic rings. The van der Waals surface area contributed by atoms with E-state index in [0.717, 1.165) is 17.9 Å². The minimum Gasteiger partial charge on any atom is -0.310 e. The number of nitro groups is 1. The second-order valence-corrected chi connectivity index (χ2v) is 9.72. The van der Waals surface area contributed by atoms with Crippen LogP contribution in [0.25, 0.3) is 0 Å². The van der Waals surface area contributed by atoms with E-state index < -0.39 is 14.9 Å². The molecule has 30 heavy (non-hydrogen) atoms. The number of para-hydroxylation sites is 1. The van der Waals surface area contributed by atoms with Gasteiger partial charge in [-0.25, -0.2) is 8.42 Å². The van der Waals surface area contributed by atoms with Gasteiger partial charge in [0.2, 0.25) is 0 Å². The van der Waals surface area contributed by atoms with Crippen LogP contribution in [0.3, 0.4) is 0 Å². The maximum atomic E-state index is 12.7. The van der Waals surface area contributed by atoms with Crippen molar-refractivity contribution in [2.45, 2.75) is 62.9 Å². The van der Waals surface area contributed by atoms with Gasteiger partial charge in [-0.3, -0.25) is 14.8 Å². The largest absolute Gasteiger partial charge is 0.310 e. The van der Waals surface area contributed by atoms with E-state index in [-0.39, 0.29) is 10.6 Å². The topological polar surface area (TPSA) is 101 Å². The number of nitrogens with one attached hydrogen (secondary N) is 2. The average molecular weight is 432 g/mol. The van der Waals surface area contributed by atoms with Gasteiger partial charge in [0.05, 0.1) is 15.5 Å². The summed E-state index contributed by atoms with van der Waals surface area (Å²) in [5.41, 5.74) is 1.22. The summed E-state index contributed by atoms with van der Waals surface area (Å²) in [4.78, 5) is 10.2. The lowest BCUT2D eigenvalue weighted by molar-refractivity contribution is -0.384. The van der Waals surface area contributed by atoms with Crippen molar-refractivity contribution in [1.29, 1.82) is 0 Å². The Hall–Kier alpha value is -2.45. The molecule has 2 aromatic carbocycles. The number of nitrogens with zero attached hydrogens (tertiary/aromatic N) is 1. The van der Waals surface area contributed by atoms with E-state index in [1.54, 1.807) is 12.1 Å². The van der Waals surface area contributed by atoms with Crippen LogP contribution in [-0.4, -0.2) is 19.4 Å². The number of rotatable bonds is 9. The van der Waals surface area contributed by atoms with Gasteiger partial charge in [-0.15, -0.1) is 0 Å². The van der Waals surface area contributed by atoms with Crippen molar-refractivity contribution in [2.75, 3.05) is 4.72 Å². The van der Waals surface area contributed by atoms with E-state index in [1.807, 2.05) is 12.1 Å². The normalized spacial score (nSPS) is 16.2. The maximum Gasteiger partial charge on any atom is 0.269 e. The van der Waals surface area contributed by atoms with Crippen molar-refractivity contribution in [3.63, 3.8) is 0 Å². The van der Waals surface area contributed by atoms with Crippen LogP contribution in [0.15, 0.2) is 53.4 Å². The summed E-state index contributed by atoms with van der Waals surface area (Å²) in [7, 11) is -3.84. The van der Waals surface area contributed by atoms with Crippen LogP contribution >= 0.6 is 0 Å². The first-order chi connectivity index (χ1) is 14.3. The minimum absolute atomic E-state index is 0.0125. The lowest BCUT2D eigenvalue weighted by atomic mass is 9.85. The number of benzene rings is 2. The molecule has 1 fully saturated rings. The Morgan fingerprint density at radius 1 is 1.07 bits per heavy atom. The van der Waals surface area contributed by atoms with Gasteiger partial charge >= 0.3 is 0 Å². The fourth-order valence-corrected chi connectivity index (χ4v) is 5.12. The predicted molar refractivity (Wildman–Crippen MR) is 118 cm³/mol. The monoisotopic (exact) mass is 431 g/mol. The zero-order chi connectivity index (χ0) is 21.6. The molecule has 0 unspecified atom stereocenters. The lowest BCUT2D eigenvalue weighted by Gasteiger charge is -2.25. The van der Waals surface area contributed by atoms with Crippen molar-refractivity contribution in [2.24, 2.45) is 5.92 Å². The molecule has 2 aromatic rings. The summed E-state index contributed by atoms with van der Waals surface area (Å²) in [6.45, 7) is 2.74. The molecule has 0 saturated heterocycles. The van der Waals surface area contributed by atoms with E-state index >= 15 is 0 Å². The molecule has 3 rings (SSSR count). The van der Waals surface area contributed by atoms with Gasteiger partial charge in [-0.1, -0.05) is 50.3 Å². The van der Waals surface area contributed by atoms with Crippen LogP contribution in [-0.2, 0) is 16.6 Å². The first-order valence-corrected chi connectivity index (χ1v) is 11.9. The smallest absolute Gasteiger partial charge is 0.269 e. The Bertz CT molecular complexity index is 955. The highest BCUT2D eigenvalue weighted by atomic mass is 32.2. The van der Waals surface area contributed by atoms with Gasteiger partial charge < -0.3 is 5.32 Å². The van der Waals surface area contributed by atoms with Gasteiger partial charge in [0, 0.05) is 24.7 Å². The van der Waals surface area contributed by atoms with Crippen molar-refractivity contribution < 1.29 is 13.3 Å². The molecule has 7 nitrogen and oxygen atoms in total. The molecule has 1 aliphatic carbocycles. The SMILES string of the molecule is C[C@@H](CC1CCCCC1)NCc1ccccc1NS(=O)(=O)c1ccc([N+](=O)[O-])cc1. The van der Waals surface area contributed by atoms with E-state index in [2.05, 4.69) is 17.0 Å². The Labute approximate surface area is 178 Å². The lowest BCUT2D eigenvalue weighted by Crippen LogP contribution is -2.29. The van der Waals surface area contributed by atoms with Crippen LogP contribution in [0.4, 0.5) is 11.4 Å². The quantitative estimate of drug-likeness (QED) is 0.437. The van der Waals surface area contributed by atoms with Crippen LogP contribution in [0.5, 0.6) is 0 Å². The van der Waals surface area contributed by atoms with E-state index in [0.29, 0.717) is 18.3 Å². The van der Waals surface area contributed by atoms with E-state index in [9.17, 15) is 18.5 Å². The Morgan fingerprint density at radius 3 is 2.40 bits per heavy atom. The summed E-state index contributed by atoms with van der Waals surface area (Å²) in [6, 6.07) is 12.5. The highest BCUT2D eigenvalue weighted by Crippen LogP contribution is 2.27. The van der Waals surface area contributed by atoms with Crippen LogP contribution in [0, 0.1) is 16.0 Å². The third-order valence-electron chi connectivity index (χ3n) is 5.67. The van der Waals surface area contributed by atoms with Crippen molar-refractivity contribution in [3.05, 3.63) is 64.2 Å². The molecule has 2 N–H and O–H groups in total. The van der Waals surface area contributed by atoms with Gasteiger partial charge in [0.1, 0.15) is 0 Å². The van der Waals surface area contributed by atoms with E-state index in [1.165, 1.54) is 56.4 Å². The van der Waals surface area contributed by atoms with Crippen LogP contribution in [0.1, 0.15) is 51.0 Å². The van der Waals surface area contributed by atoms with Crippen LogP contribution in [0.2, 0.25) is 0 Å². The molecular weight excluding hydrogens is 402 g/mol. The zero-order valence-electron chi connectivity index (χ0n) is 17.2. The third-order valence-corrected chi connectivity index (χ3v) is 7.05. The van der Waals surface area contributed by atoms with Gasteiger partial charge in [0.15, 0.2) is 0 Å². The van der Waals surface area contributed by atoms with Gasteiger partial charge in [0.25, 0.3) is 15.7 Å². The number of non-ortho nitro benzene ring substituents is 1. The maximum absolute atomic E-state index is 12.7. The van der Waals surface area contributed by atoms with E-state index in [4.69, 9.17) is 0 Å². The molecule has 0 aliphatic heterocycles. The van der Waals surface area contributed by atoms with Crippen molar-refractivity contribution in [1.82, 2.24) is 5.32 Å². The number of anilines is 1. The standard InChI is InChI=1S/C22H29N3O4S/c1-17(15-18-7-3-2-4-8-18)23-16-19-9-5-6-10-22(19)24-30(28,29)21-13-11-20(12-14-21)25(26)27/h5-6,9-14,17-18,23-24H,2-4,7-8,15-16H2,1H3/t17-/m0/s1. The Balaban J connectivity index is 1.64. The second kappa shape index (κ2) is 10.0. The summed E-state index contributed by atoms with van der Waals surface area (Å²) >= 11 is 0. The predicted octanol–water partition coefficient (Wildman–Crippen LogP) is 4.84. The molecule has 0 bridgehead atoms. The Kier molecular flexibility index (Phi) is 7.44. The summed E-state index contributed by atoms with van der Waals surface area (Å²) < 4.78 is 28.1. The molecule has 1 saturated carbocycles. The first kappa shape index (κ1) is 22.2. The summed E-state index contributed by atoms with van der Waals surface area (Å²) in [6.07, 6.45) is 7.74. The summed E-state index contributed by atoms with van der Waals surface area (Å²) in [5.74, 6) is 0.775. The zero-order valence-corrected chi connectivity index (χ0v) is 18.0. The molecule has 0 radical (unpaired) electrons. The van der Waals surface area contributed by atoms with Gasteiger partial charge in [-0.05, 0) is 43.0 Å². The molecule has 0 aromatic heterocycles. The minimum atomic E-state index is -3.84. The second-order valence-electron chi connectivity index (χ2n) is 8.04. The molecule has 1 atom stereocenters. The molecule has 0 heterocycles. The number of sulfonamides is 1. The molecule has 8 heteroatoms. The molecule has 0 amide bonds. The average Bonchev–Trinajstić information content (AvgIpc) is 2.73. The van der Waals surface area contributed by atoms with Crippen molar-refractivity contribution >= 4 is 21.4 Å². The molecule has 0 spiro atoms. The number of hydrogen-bond acceptors (Lipinski definition) is 5. The fraction of sp³-hybridized carbons (Fsp3) is 0.455. The highest BCUT2D eigenvalue weighted by molar-refractivity contribution is 7.92. The molecule has 162 valence electrons. The fourth-order valence-electron chi connectivity index (χ4n) is 4.02. The highest BCUT2D eigenvalue weighted by Gasteiger charge is 2.19. The third kappa shape index (κ3) is 6.03. The number of hydrogen-bond donors (Lipinski definition) is 2. The molecular formula is C22H29N3O4S. The Morgan fingerprint density at radius 2 is 1.73 bits per heavy atom. The number of nitro benzene ring substituents is 1. The first-order valence-electron chi connectivity index (χ1n) is 10.4. The summed E-state index contributed by atoms with van der Waals surface area (Å²) in [5, 5.41) is 14.3. The van der Waals surface area contributed by atoms with Gasteiger partial charge in [-0.2, -0.15) is 0 Å². The van der Waals surface area contributed by atoms with Crippen molar-refractivity contribution in [3.8, 4) is 0 Å².